The van der Waals surface area contributed by atoms with E-state index in [0.29, 0.717) is 12.7 Å². The molecule has 1 aromatic carbocycles. The molecule has 1 aromatic rings. The Morgan fingerprint density at radius 1 is 1.44 bits per heavy atom. The van der Waals surface area contributed by atoms with Crippen LogP contribution >= 0.6 is 0 Å². The monoisotopic (exact) mass is 224 g/mol. The van der Waals surface area contributed by atoms with Gasteiger partial charge in [0.2, 0.25) is 0 Å². The van der Waals surface area contributed by atoms with E-state index in [-0.39, 0.29) is 17.4 Å². The maximum Gasteiger partial charge on any atom is 0.165 e. The lowest BCUT2D eigenvalue weighted by molar-refractivity contribution is 0.0578. The van der Waals surface area contributed by atoms with Crippen LogP contribution in [0.15, 0.2) is 18.2 Å². The Morgan fingerprint density at radius 2 is 2.25 bits per heavy atom. The average Bonchev–Trinajstić information content (AvgIpc) is 2.67. The number of benzene rings is 1. The second kappa shape index (κ2) is 4.61. The van der Waals surface area contributed by atoms with Crippen LogP contribution < -0.4 is 4.74 Å². The van der Waals surface area contributed by atoms with Crippen LogP contribution in [0.2, 0.25) is 0 Å². The normalized spacial score (nSPS) is 24.4. The first-order chi connectivity index (χ1) is 7.70. The molecule has 0 amide bonds. The smallest absolute Gasteiger partial charge is 0.165 e. The maximum absolute atomic E-state index is 13.5. The van der Waals surface area contributed by atoms with Crippen molar-refractivity contribution in [3.63, 3.8) is 0 Å². The van der Waals surface area contributed by atoms with E-state index in [4.69, 9.17) is 4.74 Å². The van der Waals surface area contributed by atoms with Gasteiger partial charge in [0.15, 0.2) is 11.6 Å². The lowest BCUT2D eigenvalue weighted by atomic mass is 10.2. The van der Waals surface area contributed by atoms with Gasteiger partial charge in [-0.05, 0) is 37.5 Å². The third kappa shape index (κ3) is 2.22. The molecule has 0 aliphatic heterocycles. The Balaban J connectivity index is 2.12. The van der Waals surface area contributed by atoms with Gasteiger partial charge in [-0.2, -0.15) is 0 Å². The minimum atomic E-state index is -0.566. The molecule has 1 N–H and O–H groups in total. The number of aliphatic hydroxyl groups is 1. The molecule has 1 saturated carbocycles. The van der Waals surface area contributed by atoms with Crippen LogP contribution in [0.25, 0.3) is 0 Å². The molecule has 2 unspecified atom stereocenters. The van der Waals surface area contributed by atoms with Crippen molar-refractivity contribution in [3.8, 4) is 5.75 Å². The number of halogens is 1. The second-order valence-electron chi connectivity index (χ2n) is 3.96. The van der Waals surface area contributed by atoms with E-state index in [9.17, 15) is 14.3 Å². The van der Waals surface area contributed by atoms with Crippen LogP contribution in [0.1, 0.15) is 29.6 Å². The van der Waals surface area contributed by atoms with Crippen molar-refractivity contribution in [3.05, 3.63) is 29.6 Å². The van der Waals surface area contributed by atoms with Crippen LogP contribution in [0.3, 0.4) is 0 Å². The highest BCUT2D eigenvalue weighted by Gasteiger charge is 2.27. The summed E-state index contributed by atoms with van der Waals surface area (Å²) >= 11 is 0. The van der Waals surface area contributed by atoms with E-state index in [1.807, 2.05) is 0 Å². The molecule has 1 aliphatic carbocycles. The van der Waals surface area contributed by atoms with Crippen molar-refractivity contribution in [2.24, 2.45) is 0 Å². The van der Waals surface area contributed by atoms with Crippen molar-refractivity contribution >= 4 is 6.29 Å². The summed E-state index contributed by atoms with van der Waals surface area (Å²) in [5, 5.41) is 9.54. The Kier molecular flexibility index (Phi) is 3.19. The van der Waals surface area contributed by atoms with Gasteiger partial charge in [0.25, 0.3) is 0 Å². The molecule has 0 bridgehead atoms. The molecule has 86 valence electrons. The summed E-state index contributed by atoms with van der Waals surface area (Å²) in [6, 6.07) is 4.04. The molecule has 0 radical (unpaired) electrons. The molecular weight excluding hydrogens is 211 g/mol. The highest BCUT2D eigenvalue weighted by Crippen LogP contribution is 2.26. The quantitative estimate of drug-likeness (QED) is 0.798. The van der Waals surface area contributed by atoms with Crippen molar-refractivity contribution in [1.82, 2.24) is 0 Å². The zero-order valence-electron chi connectivity index (χ0n) is 8.73. The standard InChI is InChI=1S/C12H13FO3/c13-9-6-8(7-14)4-5-11(9)16-12-3-1-2-10(12)15/h4-7,10,12,15H,1-3H2. The number of rotatable bonds is 3. The largest absolute Gasteiger partial charge is 0.485 e. The highest BCUT2D eigenvalue weighted by molar-refractivity contribution is 5.74. The Hall–Kier alpha value is -1.42. The van der Waals surface area contributed by atoms with Gasteiger partial charge in [-0.15, -0.1) is 0 Å². The molecule has 0 spiro atoms. The summed E-state index contributed by atoms with van der Waals surface area (Å²) < 4.78 is 18.8. The second-order valence-corrected chi connectivity index (χ2v) is 3.96. The fraction of sp³-hybridized carbons (Fsp3) is 0.417. The number of hydrogen-bond donors (Lipinski definition) is 1. The first kappa shape index (κ1) is 11.1. The highest BCUT2D eigenvalue weighted by atomic mass is 19.1. The van der Waals surface area contributed by atoms with Gasteiger partial charge in [-0.3, -0.25) is 4.79 Å². The molecule has 3 nitrogen and oxygen atoms in total. The van der Waals surface area contributed by atoms with Gasteiger partial charge in [-0.1, -0.05) is 0 Å². The molecular formula is C12H13FO3. The number of hydrogen-bond acceptors (Lipinski definition) is 3. The predicted molar refractivity (Wildman–Crippen MR) is 56.1 cm³/mol. The molecule has 1 fully saturated rings. The van der Waals surface area contributed by atoms with Crippen LogP contribution in [0.5, 0.6) is 5.75 Å². The number of carbonyl (C=O) groups excluding carboxylic acids is 1. The van der Waals surface area contributed by atoms with Gasteiger partial charge in [0.05, 0.1) is 6.10 Å². The number of aliphatic hydroxyl groups excluding tert-OH is 1. The van der Waals surface area contributed by atoms with E-state index in [1.54, 1.807) is 0 Å². The Labute approximate surface area is 92.9 Å². The third-order valence-electron chi connectivity index (χ3n) is 2.79. The van der Waals surface area contributed by atoms with Crippen LogP contribution in [0.4, 0.5) is 4.39 Å². The first-order valence-corrected chi connectivity index (χ1v) is 5.30. The summed E-state index contributed by atoms with van der Waals surface area (Å²) in [5.41, 5.74) is 0.275. The summed E-state index contributed by atoms with van der Waals surface area (Å²) in [6.07, 6.45) is 2.04. The molecule has 0 aromatic heterocycles. The fourth-order valence-corrected chi connectivity index (χ4v) is 1.89. The summed E-state index contributed by atoms with van der Waals surface area (Å²) in [4.78, 5) is 10.4. The van der Waals surface area contributed by atoms with Crippen molar-refractivity contribution in [2.75, 3.05) is 0 Å². The fourth-order valence-electron chi connectivity index (χ4n) is 1.89. The van der Waals surface area contributed by atoms with E-state index < -0.39 is 11.9 Å². The van der Waals surface area contributed by atoms with Gasteiger partial charge in [0, 0.05) is 5.56 Å². The van der Waals surface area contributed by atoms with Gasteiger partial charge >= 0.3 is 0 Å². The summed E-state index contributed by atoms with van der Waals surface area (Å²) in [6.45, 7) is 0. The zero-order chi connectivity index (χ0) is 11.5. The summed E-state index contributed by atoms with van der Waals surface area (Å²) in [7, 11) is 0. The SMILES string of the molecule is O=Cc1ccc(OC2CCCC2O)c(F)c1. The van der Waals surface area contributed by atoms with E-state index in [0.717, 1.165) is 18.9 Å². The molecule has 16 heavy (non-hydrogen) atoms. The molecule has 4 heteroatoms. The van der Waals surface area contributed by atoms with E-state index >= 15 is 0 Å². The van der Waals surface area contributed by atoms with Crippen LogP contribution in [0, 0.1) is 5.82 Å². The number of ether oxygens (including phenoxy) is 1. The van der Waals surface area contributed by atoms with Crippen molar-refractivity contribution < 1.29 is 19.0 Å². The van der Waals surface area contributed by atoms with Gasteiger partial charge in [-0.25, -0.2) is 4.39 Å². The first-order valence-electron chi connectivity index (χ1n) is 5.30. The minimum Gasteiger partial charge on any atom is -0.485 e. The maximum atomic E-state index is 13.5. The van der Waals surface area contributed by atoms with E-state index in [1.165, 1.54) is 12.1 Å². The van der Waals surface area contributed by atoms with Crippen molar-refractivity contribution in [1.29, 1.82) is 0 Å². The summed E-state index contributed by atoms with van der Waals surface area (Å²) in [5.74, 6) is -0.472. The molecule has 1 aliphatic rings. The zero-order valence-corrected chi connectivity index (χ0v) is 8.73. The Bertz CT molecular complexity index is 392. The Morgan fingerprint density at radius 3 is 2.81 bits per heavy atom. The van der Waals surface area contributed by atoms with Crippen molar-refractivity contribution in [2.45, 2.75) is 31.5 Å². The molecule has 0 saturated heterocycles. The predicted octanol–water partition coefficient (Wildman–Crippen LogP) is 1.93. The molecule has 0 heterocycles. The number of aldehydes is 1. The molecule has 2 atom stereocenters. The van der Waals surface area contributed by atoms with Crippen LogP contribution in [-0.2, 0) is 0 Å². The van der Waals surface area contributed by atoms with Crippen LogP contribution in [-0.4, -0.2) is 23.6 Å². The lowest BCUT2D eigenvalue weighted by Crippen LogP contribution is -2.26. The van der Waals surface area contributed by atoms with Gasteiger partial charge < -0.3 is 9.84 Å². The van der Waals surface area contributed by atoms with Gasteiger partial charge in [0.1, 0.15) is 12.4 Å². The molecule has 2 rings (SSSR count). The minimum absolute atomic E-state index is 0.0940. The average molecular weight is 224 g/mol. The topological polar surface area (TPSA) is 46.5 Å². The lowest BCUT2D eigenvalue weighted by Gasteiger charge is -2.17. The van der Waals surface area contributed by atoms with E-state index in [2.05, 4.69) is 0 Å². The number of carbonyl (C=O) groups is 1. The third-order valence-corrected chi connectivity index (χ3v) is 2.79.